The van der Waals surface area contributed by atoms with Gasteiger partial charge in [0.15, 0.2) is 5.13 Å². The standard InChI is InChI=1S/C18H22N8O2S/c19-8-14-9-20-18(29-14)24-15-7-16(22-12-21-15)26-4-2-25(3-5-26)10-17(27)23-13-1-6-28-11-13/h7,9,12-13H,1-6,10-11H2,(H,23,27)(H,20,21,22,24). The molecule has 2 N–H and O–H groups in total. The van der Waals surface area contributed by atoms with E-state index < -0.39 is 0 Å². The summed E-state index contributed by atoms with van der Waals surface area (Å²) in [5, 5.41) is 15.7. The van der Waals surface area contributed by atoms with Gasteiger partial charge in [-0.05, 0) is 6.42 Å². The second-order valence-corrected chi connectivity index (χ2v) is 7.95. The molecule has 29 heavy (non-hydrogen) atoms. The maximum Gasteiger partial charge on any atom is 0.234 e. The van der Waals surface area contributed by atoms with Crippen LogP contribution in [-0.4, -0.2) is 77.7 Å². The van der Waals surface area contributed by atoms with Gasteiger partial charge in [-0.25, -0.2) is 15.0 Å². The van der Waals surface area contributed by atoms with Crippen LogP contribution >= 0.6 is 11.3 Å². The van der Waals surface area contributed by atoms with Gasteiger partial charge in [0.2, 0.25) is 5.91 Å². The third kappa shape index (κ3) is 5.17. The zero-order chi connectivity index (χ0) is 20.1. The number of aromatic nitrogens is 3. The highest BCUT2D eigenvalue weighted by atomic mass is 32.1. The fourth-order valence-corrected chi connectivity index (χ4v) is 3.96. The summed E-state index contributed by atoms with van der Waals surface area (Å²) < 4.78 is 5.30. The van der Waals surface area contributed by atoms with E-state index in [0.717, 1.165) is 45.0 Å². The van der Waals surface area contributed by atoms with E-state index in [1.165, 1.54) is 23.9 Å². The van der Waals surface area contributed by atoms with Gasteiger partial charge >= 0.3 is 0 Å². The molecule has 1 unspecified atom stereocenters. The van der Waals surface area contributed by atoms with Gasteiger partial charge < -0.3 is 20.3 Å². The molecule has 0 spiro atoms. The Morgan fingerprint density at radius 1 is 1.31 bits per heavy atom. The Morgan fingerprint density at radius 3 is 2.90 bits per heavy atom. The molecule has 0 radical (unpaired) electrons. The minimum absolute atomic E-state index is 0.0580. The molecule has 2 aliphatic rings. The quantitative estimate of drug-likeness (QED) is 0.699. The number of carbonyl (C=O) groups excluding carboxylic acids is 1. The largest absolute Gasteiger partial charge is 0.379 e. The lowest BCUT2D eigenvalue weighted by molar-refractivity contribution is -0.123. The Morgan fingerprint density at radius 2 is 2.17 bits per heavy atom. The van der Waals surface area contributed by atoms with Crippen LogP contribution in [0.2, 0.25) is 0 Å². The van der Waals surface area contributed by atoms with E-state index in [1.807, 2.05) is 6.07 Å². The van der Waals surface area contributed by atoms with Crippen molar-refractivity contribution >= 4 is 34.0 Å². The van der Waals surface area contributed by atoms with Gasteiger partial charge in [0.05, 0.1) is 25.4 Å². The first-order valence-electron chi connectivity index (χ1n) is 9.49. The van der Waals surface area contributed by atoms with Crippen molar-refractivity contribution in [1.82, 2.24) is 25.2 Å². The molecule has 2 aromatic rings. The maximum atomic E-state index is 12.2. The first kappa shape index (κ1) is 19.5. The first-order valence-corrected chi connectivity index (χ1v) is 10.3. The number of ether oxygens (including phenoxy) is 1. The van der Waals surface area contributed by atoms with Crippen LogP contribution in [0.15, 0.2) is 18.6 Å². The molecule has 10 nitrogen and oxygen atoms in total. The number of thiazole rings is 1. The fraction of sp³-hybridized carbons (Fsp3) is 0.500. The highest BCUT2D eigenvalue weighted by Gasteiger charge is 2.23. The lowest BCUT2D eigenvalue weighted by atomic mass is 10.2. The molecule has 152 valence electrons. The molecule has 0 aromatic carbocycles. The number of nitrogens with one attached hydrogen (secondary N) is 2. The van der Waals surface area contributed by atoms with Gasteiger partial charge in [0, 0.05) is 38.9 Å². The topological polar surface area (TPSA) is 119 Å². The van der Waals surface area contributed by atoms with Crippen molar-refractivity contribution in [2.45, 2.75) is 12.5 Å². The maximum absolute atomic E-state index is 12.2. The molecule has 4 heterocycles. The third-order valence-electron chi connectivity index (χ3n) is 4.86. The monoisotopic (exact) mass is 414 g/mol. The summed E-state index contributed by atoms with van der Waals surface area (Å²) in [6, 6.07) is 4.09. The Bertz CT molecular complexity index is 884. The van der Waals surface area contributed by atoms with E-state index in [9.17, 15) is 4.79 Å². The molecule has 2 aliphatic heterocycles. The average Bonchev–Trinajstić information content (AvgIpc) is 3.40. The van der Waals surface area contributed by atoms with Gasteiger partial charge in [-0.1, -0.05) is 11.3 Å². The molecular weight excluding hydrogens is 392 g/mol. The highest BCUT2D eigenvalue weighted by molar-refractivity contribution is 7.16. The minimum atomic E-state index is 0.0580. The molecule has 2 saturated heterocycles. The smallest absolute Gasteiger partial charge is 0.234 e. The van der Waals surface area contributed by atoms with Crippen molar-refractivity contribution in [3.05, 3.63) is 23.5 Å². The summed E-state index contributed by atoms with van der Waals surface area (Å²) >= 11 is 1.28. The van der Waals surface area contributed by atoms with Crippen LogP contribution in [0.25, 0.3) is 0 Å². The Kier molecular flexibility index (Phi) is 6.14. The van der Waals surface area contributed by atoms with E-state index in [1.54, 1.807) is 0 Å². The van der Waals surface area contributed by atoms with Crippen molar-refractivity contribution < 1.29 is 9.53 Å². The van der Waals surface area contributed by atoms with E-state index in [-0.39, 0.29) is 11.9 Å². The average molecular weight is 414 g/mol. The first-order chi connectivity index (χ1) is 14.2. The lowest BCUT2D eigenvalue weighted by Crippen LogP contribution is -2.50. The van der Waals surface area contributed by atoms with E-state index in [4.69, 9.17) is 10.00 Å². The van der Waals surface area contributed by atoms with Crippen LogP contribution in [0.4, 0.5) is 16.8 Å². The summed E-state index contributed by atoms with van der Waals surface area (Å²) in [5.41, 5.74) is 0. The minimum Gasteiger partial charge on any atom is -0.379 e. The summed E-state index contributed by atoms with van der Waals surface area (Å²) in [5.74, 6) is 1.52. The zero-order valence-electron chi connectivity index (χ0n) is 15.9. The molecule has 2 fully saturated rings. The van der Waals surface area contributed by atoms with Crippen molar-refractivity contribution in [3.63, 3.8) is 0 Å². The van der Waals surface area contributed by atoms with Crippen LogP contribution in [-0.2, 0) is 9.53 Å². The number of amides is 1. The van der Waals surface area contributed by atoms with Crippen LogP contribution in [0.3, 0.4) is 0 Å². The summed E-state index contributed by atoms with van der Waals surface area (Å²) in [6.45, 7) is 4.90. The van der Waals surface area contributed by atoms with Crippen molar-refractivity contribution in [2.24, 2.45) is 0 Å². The van der Waals surface area contributed by atoms with Crippen LogP contribution in [0.1, 0.15) is 11.3 Å². The van der Waals surface area contributed by atoms with Crippen molar-refractivity contribution in [1.29, 1.82) is 5.26 Å². The number of rotatable bonds is 6. The highest BCUT2D eigenvalue weighted by Crippen LogP contribution is 2.23. The Hall–Kier alpha value is -2.81. The predicted octanol–water partition coefficient (Wildman–Crippen LogP) is 0.575. The summed E-state index contributed by atoms with van der Waals surface area (Å²) in [7, 11) is 0. The molecule has 2 aromatic heterocycles. The molecule has 4 rings (SSSR count). The molecule has 11 heteroatoms. The molecule has 1 atom stereocenters. The van der Waals surface area contributed by atoms with E-state index in [0.29, 0.717) is 29.0 Å². The van der Waals surface area contributed by atoms with Crippen LogP contribution in [0, 0.1) is 11.3 Å². The number of piperazine rings is 1. The molecular formula is C18H22N8O2S. The fourth-order valence-electron chi connectivity index (χ4n) is 3.34. The number of nitriles is 1. The van der Waals surface area contributed by atoms with Crippen molar-refractivity contribution in [3.8, 4) is 6.07 Å². The summed E-state index contributed by atoms with van der Waals surface area (Å²) in [4.78, 5) is 29.8. The summed E-state index contributed by atoms with van der Waals surface area (Å²) in [6.07, 6.45) is 3.94. The molecule has 0 bridgehead atoms. The van der Waals surface area contributed by atoms with Gasteiger partial charge in [-0.3, -0.25) is 9.69 Å². The molecule has 1 amide bonds. The van der Waals surface area contributed by atoms with Crippen molar-refractivity contribution in [2.75, 3.05) is 56.2 Å². The van der Waals surface area contributed by atoms with Crippen LogP contribution in [0.5, 0.6) is 0 Å². The number of nitrogens with zero attached hydrogens (tertiary/aromatic N) is 6. The third-order valence-corrected chi connectivity index (χ3v) is 5.68. The van der Waals surface area contributed by atoms with E-state index in [2.05, 4.69) is 41.5 Å². The van der Waals surface area contributed by atoms with Gasteiger partial charge in [0.25, 0.3) is 0 Å². The predicted molar refractivity (Wildman–Crippen MR) is 108 cm³/mol. The number of carbonyl (C=O) groups is 1. The molecule has 0 saturated carbocycles. The van der Waals surface area contributed by atoms with Gasteiger partial charge in [-0.2, -0.15) is 5.26 Å². The molecule has 0 aliphatic carbocycles. The lowest BCUT2D eigenvalue weighted by Gasteiger charge is -2.35. The second kappa shape index (κ2) is 9.13. The van der Waals surface area contributed by atoms with Crippen LogP contribution < -0.4 is 15.5 Å². The zero-order valence-corrected chi connectivity index (χ0v) is 16.7. The number of anilines is 3. The van der Waals surface area contributed by atoms with Gasteiger partial charge in [-0.15, -0.1) is 0 Å². The SMILES string of the molecule is N#Cc1cnc(Nc2cc(N3CCN(CC(=O)NC4CCOC4)CC3)ncn2)s1. The second-order valence-electron chi connectivity index (χ2n) is 6.92. The van der Waals surface area contributed by atoms with Gasteiger partial charge in [0.1, 0.15) is 28.9 Å². The number of hydrogen-bond acceptors (Lipinski definition) is 10. The van der Waals surface area contributed by atoms with E-state index >= 15 is 0 Å². The Labute approximate surface area is 172 Å². The Balaban J connectivity index is 1.28. The normalized spacial score (nSPS) is 19.7. The number of hydrogen-bond donors (Lipinski definition) is 2.